The minimum atomic E-state index is 0.239. The molecule has 5 heteroatoms. The second kappa shape index (κ2) is 7.92. The molecule has 0 spiro atoms. The van der Waals surface area contributed by atoms with Crippen molar-refractivity contribution in [3.8, 4) is 5.75 Å². The maximum atomic E-state index is 5.98. The highest BCUT2D eigenvalue weighted by molar-refractivity contribution is 9.10. The molecule has 1 aromatic heterocycles. The van der Waals surface area contributed by atoms with Crippen molar-refractivity contribution in [1.29, 1.82) is 0 Å². The van der Waals surface area contributed by atoms with E-state index in [1.165, 1.54) is 5.01 Å². The summed E-state index contributed by atoms with van der Waals surface area (Å²) in [6.45, 7) is 4.81. The lowest BCUT2D eigenvalue weighted by Gasteiger charge is -2.16. The van der Waals surface area contributed by atoms with Crippen LogP contribution in [0, 0.1) is 0 Å². The fourth-order valence-electron chi connectivity index (χ4n) is 2.04. The second-order valence-corrected chi connectivity index (χ2v) is 6.82. The largest absolute Gasteiger partial charge is 0.487 e. The first-order chi connectivity index (χ1) is 10.1. The van der Waals surface area contributed by atoms with Crippen LogP contribution in [0.4, 0.5) is 0 Å². The topological polar surface area (TPSA) is 34.1 Å². The number of ether oxygens (including phenoxy) is 1. The Morgan fingerprint density at radius 2 is 2.24 bits per heavy atom. The van der Waals surface area contributed by atoms with Gasteiger partial charge in [0, 0.05) is 21.5 Å². The third-order valence-corrected chi connectivity index (χ3v) is 4.76. The van der Waals surface area contributed by atoms with Crippen molar-refractivity contribution in [2.45, 2.75) is 39.3 Å². The van der Waals surface area contributed by atoms with E-state index in [2.05, 4.69) is 51.5 Å². The van der Waals surface area contributed by atoms with Crippen molar-refractivity contribution in [2.24, 2.45) is 0 Å². The maximum Gasteiger partial charge on any atom is 0.131 e. The summed E-state index contributed by atoms with van der Waals surface area (Å²) in [5.74, 6) is 0.907. The van der Waals surface area contributed by atoms with Gasteiger partial charge in [-0.05, 0) is 45.0 Å². The molecule has 1 heterocycles. The number of thiazole rings is 1. The minimum absolute atomic E-state index is 0.239. The predicted molar refractivity (Wildman–Crippen MR) is 92.1 cm³/mol. The molecule has 0 saturated heterocycles. The molecule has 1 unspecified atom stereocenters. The Kier molecular flexibility index (Phi) is 6.21. The number of benzene rings is 1. The first kappa shape index (κ1) is 16.5. The number of nitrogens with zero attached hydrogens (tertiary/aromatic N) is 1. The lowest BCUT2D eigenvalue weighted by molar-refractivity contribution is 0.296. The van der Waals surface area contributed by atoms with Crippen LogP contribution in [0.3, 0.4) is 0 Å². The van der Waals surface area contributed by atoms with E-state index >= 15 is 0 Å². The molecular weight excluding hydrogens is 348 g/mol. The van der Waals surface area contributed by atoms with Crippen LogP contribution < -0.4 is 10.1 Å². The van der Waals surface area contributed by atoms with Crippen LogP contribution in [0.5, 0.6) is 5.75 Å². The molecule has 2 aromatic rings. The molecule has 114 valence electrons. The number of halogens is 1. The Labute approximate surface area is 138 Å². The molecule has 3 nitrogen and oxygen atoms in total. The Hall–Kier alpha value is -0.910. The van der Waals surface area contributed by atoms with E-state index in [4.69, 9.17) is 4.74 Å². The van der Waals surface area contributed by atoms with E-state index < -0.39 is 0 Å². The van der Waals surface area contributed by atoms with E-state index in [-0.39, 0.29) is 6.04 Å². The van der Waals surface area contributed by atoms with E-state index in [0.717, 1.165) is 34.3 Å². The molecule has 0 aliphatic heterocycles. The van der Waals surface area contributed by atoms with Crippen LogP contribution in [0.15, 0.2) is 28.1 Å². The summed E-state index contributed by atoms with van der Waals surface area (Å²) in [7, 11) is 1.95. The third kappa shape index (κ3) is 4.53. The number of aryl methyl sites for hydroxylation is 1. The first-order valence-corrected chi connectivity index (χ1v) is 8.84. The fraction of sp³-hybridized carbons (Fsp3) is 0.438. The Balaban J connectivity index is 2.08. The quantitative estimate of drug-likeness (QED) is 0.767. The molecule has 1 atom stereocenters. The van der Waals surface area contributed by atoms with Crippen LogP contribution in [-0.4, -0.2) is 12.0 Å². The molecule has 21 heavy (non-hydrogen) atoms. The maximum absolute atomic E-state index is 5.98. The zero-order valence-electron chi connectivity index (χ0n) is 12.6. The zero-order valence-corrected chi connectivity index (χ0v) is 15.1. The predicted octanol–water partition coefficient (Wildman–Crippen LogP) is 4.72. The SMILES string of the molecule is CCCc1nc(COc2ccc(Br)cc2C(C)NC)cs1. The van der Waals surface area contributed by atoms with Crippen LogP contribution in [0.1, 0.15) is 42.6 Å². The van der Waals surface area contributed by atoms with Gasteiger partial charge in [0.2, 0.25) is 0 Å². The molecule has 1 aromatic carbocycles. The second-order valence-electron chi connectivity index (χ2n) is 4.96. The third-order valence-electron chi connectivity index (χ3n) is 3.31. The van der Waals surface area contributed by atoms with Gasteiger partial charge in [-0.3, -0.25) is 0 Å². The van der Waals surface area contributed by atoms with Crippen molar-refractivity contribution in [1.82, 2.24) is 10.3 Å². The number of hydrogen-bond donors (Lipinski definition) is 1. The van der Waals surface area contributed by atoms with E-state index in [9.17, 15) is 0 Å². The summed E-state index contributed by atoms with van der Waals surface area (Å²) in [5.41, 5.74) is 2.16. The van der Waals surface area contributed by atoms with Gasteiger partial charge >= 0.3 is 0 Å². The van der Waals surface area contributed by atoms with E-state index in [1.807, 2.05) is 19.2 Å². The Morgan fingerprint density at radius 1 is 1.43 bits per heavy atom. The van der Waals surface area contributed by atoms with Gasteiger partial charge in [0.1, 0.15) is 12.4 Å². The monoisotopic (exact) mass is 368 g/mol. The normalized spacial score (nSPS) is 12.4. The average molecular weight is 369 g/mol. The smallest absolute Gasteiger partial charge is 0.131 e. The molecule has 0 radical (unpaired) electrons. The van der Waals surface area contributed by atoms with Gasteiger partial charge in [0.05, 0.1) is 10.7 Å². The van der Waals surface area contributed by atoms with Gasteiger partial charge < -0.3 is 10.1 Å². The van der Waals surface area contributed by atoms with Crippen LogP contribution >= 0.6 is 27.3 Å². The summed E-state index contributed by atoms with van der Waals surface area (Å²) in [5, 5.41) is 6.53. The van der Waals surface area contributed by atoms with Crippen LogP contribution in [0.2, 0.25) is 0 Å². The molecular formula is C16H21BrN2OS. The van der Waals surface area contributed by atoms with Crippen molar-refractivity contribution in [3.63, 3.8) is 0 Å². The fourth-order valence-corrected chi connectivity index (χ4v) is 3.30. The molecule has 0 amide bonds. The Bertz CT molecular complexity index is 585. The molecule has 0 saturated carbocycles. The van der Waals surface area contributed by atoms with Crippen LogP contribution in [0.25, 0.3) is 0 Å². The van der Waals surface area contributed by atoms with Crippen molar-refractivity contribution >= 4 is 27.3 Å². The zero-order chi connectivity index (χ0) is 15.2. The highest BCUT2D eigenvalue weighted by atomic mass is 79.9. The molecule has 2 rings (SSSR count). The van der Waals surface area contributed by atoms with Crippen molar-refractivity contribution in [3.05, 3.63) is 44.3 Å². The minimum Gasteiger partial charge on any atom is -0.487 e. The van der Waals surface area contributed by atoms with Gasteiger partial charge in [-0.1, -0.05) is 22.9 Å². The summed E-state index contributed by atoms with van der Waals surface area (Å²) in [6.07, 6.45) is 2.18. The van der Waals surface area contributed by atoms with Crippen LogP contribution in [-0.2, 0) is 13.0 Å². The molecule has 0 fully saturated rings. The van der Waals surface area contributed by atoms with Crippen molar-refractivity contribution < 1.29 is 4.74 Å². The molecule has 0 aliphatic carbocycles. The lowest BCUT2D eigenvalue weighted by Crippen LogP contribution is -2.14. The number of aromatic nitrogens is 1. The highest BCUT2D eigenvalue weighted by Gasteiger charge is 2.11. The molecule has 1 N–H and O–H groups in total. The Morgan fingerprint density at radius 3 is 2.95 bits per heavy atom. The van der Waals surface area contributed by atoms with Gasteiger partial charge in [-0.2, -0.15) is 0 Å². The first-order valence-electron chi connectivity index (χ1n) is 7.16. The summed E-state index contributed by atoms with van der Waals surface area (Å²) in [4.78, 5) is 4.60. The van der Waals surface area contributed by atoms with Gasteiger partial charge in [-0.15, -0.1) is 11.3 Å². The number of nitrogens with one attached hydrogen (secondary N) is 1. The summed E-state index contributed by atoms with van der Waals surface area (Å²) >= 11 is 5.23. The van der Waals surface area contributed by atoms with Gasteiger partial charge in [0.15, 0.2) is 0 Å². The van der Waals surface area contributed by atoms with Gasteiger partial charge in [0.25, 0.3) is 0 Å². The number of hydrogen-bond acceptors (Lipinski definition) is 4. The summed E-state index contributed by atoms with van der Waals surface area (Å²) in [6, 6.07) is 6.35. The average Bonchev–Trinajstić information content (AvgIpc) is 2.93. The standard InChI is InChI=1S/C16H21BrN2OS/c1-4-5-16-19-13(10-21-16)9-20-15-7-6-12(17)8-14(15)11(2)18-3/h6-8,10-11,18H,4-5,9H2,1-3H3. The lowest BCUT2D eigenvalue weighted by atomic mass is 10.1. The summed E-state index contributed by atoms with van der Waals surface area (Å²) < 4.78 is 7.04. The van der Waals surface area contributed by atoms with Crippen molar-refractivity contribution in [2.75, 3.05) is 7.05 Å². The highest BCUT2D eigenvalue weighted by Crippen LogP contribution is 2.29. The molecule has 0 bridgehead atoms. The van der Waals surface area contributed by atoms with E-state index in [1.54, 1.807) is 11.3 Å². The number of rotatable bonds is 7. The van der Waals surface area contributed by atoms with E-state index in [0.29, 0.717) is 6.61 Å². The molecule has 0 aliphatic rings. The van der Waals surface area contributed by atoms with Gasteiger partial charge in [-0.25, -0.2) is 4.98 Å².